The fraction of sp³-hybridized carbons (Fsp3) is 0.571. The van der Waals surface area contributed by atoms with Crippen molar-refractivity contribution < 1.29 is 4.79 Å². The summed E-state index contributed by atoms with van der Waals surface area (Å²) in [5, 5.41) is 2.72. The molecule has 0 aromatic carbocycles. The Morgan fingerprint density at radius 1 is 1.56 bits per heavy atom. The van der Waals surface area contributed by atoms with Crippen LogP contribution in [-0.4, -0.2) is 5.91 Å². The maximum atomic E-state index is 11.0. The van der Waals surface area contributed by atoms with E-state index in [4.69, 9.17) is 0 Å². The first-order chi connectivity index (χ1) is 4.33. The van der Waals surface area contributed by atoms with E-state index in [-0.39, 0.29) is 11.3 Å². The highest BCUT2D eigenvalue weighted by Gasteiger charge is 2.49. The van der Waals surface area contributed by atoms with E-state index in [0.29, 0.717) is 0 Å². The Bertz CT molecular complexity index is 179. The molecule has 48 valence electrons. The average Bonchev–Trinajstić information content (AvgIpc) is 2.60. The van der Waals surface area contributed by atoms with Crippen LogP contribution in [0.1, 0.15) is 19.3 Å². The normalized spacial score (nSPS) is 28.2. The predicted octanol–water partition coefficient (Wildman–Crippen LogP) is 0.800. The van der Waals surface area contributed by atoms with E-state index < -0.39 is 0 Å². The lowest BCUT2D eigenvalue weighted by molar-refractivity contribution is -0.125. The molecule has 2 rings (SSSR count). The zero-order chi connectivity index (χ0) is 6.32. The Morgan fingerprint density at radius 2 is 2.33 bits per heavy atom. The van der Waals surface area contributed by atoms with Gasteiger partial charge in [0.15, 0.2) is 0 Å². The van der Waals surface area contributed by atoms with Crippen molar-refractivity contribution in [1.29, 1.82) is 0 Å². The zero-order valence-electron chi connectivity index (χ0n) is 5.18. The predicted molar refractivity (Wildman–Crippen MR) is 33.6 cm³/mol. The van der Waals surface area contributed by atoms with Crippen LogP contribution in [0.15, 0.2) is 12.3 Å². The molecule has 0 aromatic heterocycles. The van der Waals surface area contributed by atoms with Crippen LogP contribution >= 0.6 is 0 Å². The molecule has 0 saturated heterocycles. The number of carbonyl (C=O) groups is 1. The van der Waals surface area contributed by atoms with Crippen LogP contribution in [0.5, 0.6) is 0 Å². The van der Waals surface area contributed by atoms with Crippen molar-refractivity contribution >= 4 is 5.91 Å². The highest BCUT2D eigenvalue weighted by Crippen LogP contribution is 2.50. The number of hydrogen-bond donors (Lipinski definition) is 1. The maximum absolute atomic E-state index is 11.0. The second kappa shape index (κ2) is 1.38. The Balaban J connectivity index is 2.24. The molecule has 0 radical (unpaired) electrons. The van der Waals surface area contributed by atoms with E-state index in [0.717, 1.165) is 19.3 Å². The van der Waals surface area contributed by atoms with Crippen molar-refractivity contribution in [3.63, 3.8) is 0 Å². The summed E-state index contributed by atoms with van der Waals surface area (Å²) in [5.41, 5.74) is 0.0503. The summed E-state index contributed by atoms with van der Waals surface area (Å²) in [7, 11) is 0. The molecule has 1 spiro atoms. The summed E-state index contributed by atoms with van der Waals surface area (Å²) in [6, 6.07) is 0. The first kappa shape index (κ1) is 5.03. The molecule has 2 nitrogen and oxygen atoms in total. The van der Waals surface area contributed by atoms with Gasteiger partial charge in [-0.25, -0.2) is 0 Å². The van der Waals surface area contributed by atoms with Crippen molar-refractivity contribution in [3.8, 4) is 0 Å². The Labute approximate surface area is 53.9 Å². The molecule has 9 heavy (non-hydrogen) atoms. The van der Waals surface area contributed by atoms with Gasteiger partial charge < -0.3 is 5.32 Å². The molecule has 1 amide bonds. The Kier molecular flexibility index (Phi) is 0.770. The van der Waals surface area contributed by atoms with Crippen molar-refractivity contribution in [2.24, 2.45) is 5.41 Å². The van der Waals surface area contributed by atoms with Gasteiger partial charge in [-0.1, -0.05) is 6.08 Å². The number of hydrogen-bond acceptors (Lipinski definition) is 1. The van der Waals surface area contributed by atoms with E-state index in [9.17, 15) is 4.79 Å². The topological polar surface area (TPSA) is 29.1 Å². The SMILES string of the molecule is O=C1NC=CCC12CC2. The van der Waals surface area contributed by atoms with E-state index in [1.807, 2.05) is 6.08 Å². The highest BCUT2D eigenvalue weighted by atomic mass is 16.2. The van der Waals surface area contributed by atoms with Gasteiger partial charge in [0.05, 0.1) is 5.41 Å². The van der Waals surface area contributed by atoms with Gasteiger partial charge in [0.25, 0.3) is 0 Å². The zero-order valence-corrected chi connectivity index (χ0v) is 5.18. The van der Waals surface area contributed by atoms with Crippen molar-refractivity contribution in [3.05, 3.63) is 12.3 Å². The van der Waals surface area contributed by atoms with E-state index >= 15 is 0 Å². The van der Waals surface area contributed by atoms with Gasteiger partial charge >= 0.3 is 0 Å². The lowest BCUT2D eigenvalue weighted by Gasteiger charge is -2.14. The van der Waals surface area contributed by atoms with Gasteiger partial charge in [-0.3, -0.25) is 4.79 Å². The third-order valence-corrected chi connectivity index (χ3v) is 2.18. The largest absolute Gasteiger partial charge is 0.333 e. The molecule has 0 bridgehead atoms. The average molecular weight is 123 g/mol. The quantitative estimate of drug-likeness (QED) is 0.507. The Hall–Kier alpha value is -0.790. The molecule has 1 aliphatic heterocycles. The number of carbonyl (C=O) groups excluding carboxylic acids is 1. The summed E-state index contributed by atoms with van der Waals surface area (Å²) in [6.45, 7) is 0. The number of rotatable bonds is 0. The van der Waals surface area contributed by atoms with E-state index in [1.54, 1.807) is 6.20 Å². The first-order valence-corrected chi connectivity index (χ1v) is 3.30. The summed E-state index contributed by atoms with van der Waals surface area (Å²) in [5.74, 6) is 0.227. The van der Waals surface area contributed by atoms with Gasteiger partial charge in [-0.05, 0) is 25.5 Å². The van der Waals surface area contributed by atoms with Gasteiger partial charge in [-0.2, -0.15) is 0 Å². The van der Waals surface area contributed by atoms with Crippen LogP contribution in [0.3, 0.4) is 0 Å². The Morgan fingerprint density at radius 3 is 2.78 bits per heavy atom. The number of nitrogens with one attached hydrogen (secondary N) is 1. The van der Waals surface area contributed by atoms with Crippen LogP contribution in [0.2, 0.25) is 0 Å². The molecule has 1 N–H and O–H groups in total. The van der Waals surface area contributed by atoms with Crippen LogP contribution in [-0.2, 0) is 4.79 Å². The molecule has 2 aliphatic rings. The van der Waals surface area contributed by atoms with Gasteiger partial charge in [0.1, 0.15) is 0 Å². The third kappa shape index (κ3) is 0.590. The van der Waals surface area contributed by atoms with Gasteiger partial charge in [-0.15, -0.1) is 0 Å². The fourth-order valence-corrected chi connectivity index (χ4v) is 1.25. The summed E-state index contributed by atoms with van der Waals surface area (Å²) in [4.78, 5) is 11.0. The van der Waals surface area contributed by atoms with Gasteiger partial charge in [0.2, 0.25) is 5.91 Å². The van der Waals surface area contributed by atoms with Gasteiger partial charge in [0, 0.05) is 0 Å². The molecular weight excluding hydrogens is 114 g/mol. The minimum Gasteiger partial charge on any atom is -0.333 e. The molecule has 0 atom stereocenters. The fourth-order valence-electron chi connectivity index (χ4n) is 1.25. The van der Waals surface area contributed by atoms with Crippen LogP contribution in [0.4, 0.5) is 0 Å². The van der Waals surface area contributed by atoms with Crippen LogP contribution < -0.4 is 5.32 Å². The molecule has 0 unspecified atom stereocenters. The molecule has 1 saturated carbocycles. The standard InChI is InChI=1S/C7H9NO/c9-6-7(3-4-7)2-1-5-8-6/h1,5H,2-4H2,(H,8,9). The molecule has 1 fully saturated rings. The molecule has 0 aromatic rings. The molecule has 1 heterocycles. The van der Waals surface area contributed by atoms with Crippen LogP contribution in [0, 0.1) is 5.41 Å². The molecular formula is C7H9NO. The minimum atomic E-state index is 0.0503. The summed E-state index contributed by atoms with van der Waals surface area (Å²) in [6.07, 6.45) is 6.91. The second-order valence-electron chi connectivity index (χ2n) is 2.86. The van der Waals surface area contributed by atoms with Crippen molar-refractivity contribution in [1.82, 2.24) is 5.32 Å². The lowest BCUT2D eigenvalue weighted by Crippen LogP contribution is -2.30. The van der Waals surface area contributed by atoms with Crippen molar-refractivity contribution in [2.75, 3.05) is 0 Å². The molecule has 2 heteroatoms. The smallest absolute Gasteiger partial charge is 0.230 e. The monoisotopic (exact) mass is 123 g/mol. The second-order valence-corrected chi connectivity index (χ2v) is 2.86. The minimum absolute atomic E-state index is 0.0503. The first-order valence-electron chi connectivity index (χ1n) is 3.30. The third-order valence-electron chi connectivity index (χ3n) is 2.18. The van der Waals surface area contributed by atoms with Crippen LogP contribution in [0.25, 0.3) is 0 Å². The highest BCUT2D eigenvalue weighted by molar-refractivity contribution is 5.87. The molecule has 1 aliphatic carbocycles. The number of amides is 1. The van der Waals surface area contributed by atoms with Crippen molar-refractivity contribution in [2.45, 2.75) is 19.3 Å². The maximum Gasteiger partial charge on any atom is 0.230 e. The summed E-state index contributed by atoms with van der Waals surface area (Å²) >= 11 is 0. The van der Waals surface area contributed by atoms with E-state index in [2.05, 4.69) is 5.32 Å². The van der Waals surface area contributed by atoms with E-state index in [1.165, 1.54) is 0 Å². The number of allylic oxidation sites excluding steroid dienone is 1. The lowest BCUT2D eigenvalue weighted by atomic mass is 10.00. The summed E-state index contributed by atoms with van der Waals surface area (Å²) < 4.78 is 0.